The summed E-state index contributed by atoms with van der Waals surface area (Å²) in [5, 5.41) is 38.3. The molecule has 0 bridgehead atoms. The van der Waals surface area contributed by atoms with Crippen LogP contribution in [0.1, 0.15) is 396 Å². The summed E-state index contributed by atoms with van der Waals surface area (Å²) < 4.78 is 0. The van der Waals surface area contributed by atoms with Gasteiger partial charge in [-0.25, -0.2) is 0 Å². The number of aromatic nitrogens is 2. The zero-order chi connectivity index (χ0) is 91.7. The van der Waals surface area contributed by atoms with Crippen molar-refractivity contribution in [2.45, 2.75) is 354 Å². The molecule has 0 N–H and O–H groups in total. The Morgan fingerprint density at radius 3 is 1.90 bits per heavy atom. The Labute approximate surface area is 800 Å². The molecule has 0 amide bonds. The molecule has 10 atom stereocenters. The van der Waals surface area contributed by atoms with E-state index in [1.165, 1.54) is 233 Å². The fourth-order valence-electron chi connectivity index (χ4n) is 30.9. The summed E-state index contributed by atoms with van der Waals surface area (Å²) in [7, 11) is 0. The Bertz CT molecular complexity index is 7890. The molecule has 0 fully saturated rings. The fourth-order valence-corrected chi connectivity index (χ4v) is 30.9. The first-order chi connectivity index (χ1) is 64.3. The molecule has 0 spiro atoms. The van der Waals surface area contributed by atoms with Gasteiger partial charge < -0.3 is 0 Å². The summed E-state index contributed by atoms with van der Waals surface area (Å²) >= 11 is 0. The number of aryl methyl sites for hydroxylation is 8. The summed E-state index contributed by atoms with van der Waals surface area (Å²) in [6.45, 7) is 52.9. The molecule has 0 aliphatic heterocycles. The molecule has 0 radical (unpaired) electrons. The van der Waals surface area contributed by atoms with Gasteiger partial charge in [0.2, 0.25) is 0 Å². The standard InChI is InChI=1S/C67H77N.C33H35N.C31H32.CH4/c1-13-40-18-21-47-51(38(40)11)29-48(33(4)5)62-54(47)28-43-22-35(8)45-20-19-41(52-30-55(62)61(43)63(45)52)16-14-15-17-46-39(12)59-56-31-57(34(6)7)68-58-24-37(10)49-23-36(9)50-27-44-25-42(32(2)3)26-53(46)60(44)67(59)66(50)65(49)64(56)58;1-6-20-9-12-25-24(15-20)18-27(19(4)5)32-28(25)16-22(8-3)30-26-13-14-34-33-21(7-2)10-11-23(31(26)33)17-29(30)32;1-6-18-11-21-12-19-9-16(4)10-20-13-25-23(15(2)3)14-24-17(5)7-8-22-27(18)28(21)31(26(19)20)30(25)29(22)24;/h18,21,25-26,28-29,31-37,41,45,49-50H,13-17,19-20,22-24,27,30H2,1-12H3;9,12-19,21H,6-8,10-11H2,1-5H3;7-8,12,14-16,20H,6,9-11,13H2,1-5H3;1H4. The predicted octanol–water partition coefficient (Wildman–Crippen LogP) is 35.9. The molecule has 10 aliphatic carbocycles. The van der Waals surface area contributed by atoms with Gasteiger partial charge in [0.25, 0.3) is 0 Å². The lowest BCUT2D eigenvalue weighted by Crippen LogP contribution is -2.32. The van der Waals surface area contributed by atoms with E-state index in [-0.39, 0.29) is 7.43 Å². The van der Waals surface area contributed by atoms with Crippen LogP contribution in [-0.2, 0) is 77.0 Å². The average molecular weight is 1760 g/mol. The number of nitrogens with zero attached hydrogens (tertiary/aromatic N) is 2. The molecule has 134 heavy (non-hydrogen) atoms. The topological polar surface area (TPSA) is 25.8 Å². The van der Waals surface area contributed by atoms with Crippen LogP contribution in [0.25, 0.3) is 140 Å². The van der Waals surface area contributed by atoms with E-state index in [2.05, 4.69) is 268 Å². The van der Waals surface area contributed by atoms with Crippen molar-refractivity contribution >= 4 is 140 Å². The molecule has 2 nitrogen and oxygen atoms in total. The lowest BCUT2D eigenvalue weighted by molar-refractivity contribution is 0.300. The maximum absolute atomic E-state index is 5.53. The van der Waals surface area contributed by atoms with Crippen molar-refractivity contribution in [1.29, 1.82) is 0 Å². The summed E-state index contributed by atoms with van der Waals surface area (Å²) in [4.78, 5) is 10.4. The first-order valence-corrected chi connectivity index (χ1v) is 53.7. The van der Waals surface area contributed by atoms with E-state index < -0.39 is 0 Å². The number of hydrogen-bond acceptors (Lipinski definition) is 2. The zero-order valence-electron chi connectivity index (χ0n) is 84.6. The minimum absolute atomic E-state index is 0. The third-order valence-corrected chi connectivity index (χ3v) is 37.5. The highest BCUT2D eigenvalue weighted by Crippen LogP contribution is 2.63. The molecule has 686 valence electrons. The van der Waals surface area contributed by atoms with Crippen LogP contribution in [0.4, 0.5) is 0 Å². The highest BCUT2D eigenvalue weighted by atomic mass is 14.7. The number of hydrogen-bond donors (Lipinski definition) is 0. The van der Waals surface area contributed by atoms with Crippen LogP contribution in [0.5, 0.6) is 0 Å². The second-order valence-electron chi connectivity index (χ2n) is 46.7. The van der Waals surface area contributed by atoms with Crippen LogP contribution >= 0.6 is 0 Å². The van der Waals surface area contributed by atoms with Crippen molar-refractivity contribution in [2.75, 3.05) is 0 Å². The van der Waals surface area contributed by atoms with Gasteiger partial charge in [-0.1, -0.05) is 229 Å². The van der Waals surface area contributed by atoms with E-state index in [4.69, 9.17) is 9.97 Å². The quantitative estimate of drug-likeness (QED) is 0.0581. The van der Waals surface area contributed by atoms with E-state index in [0.717, 1.165) is 56.8 Å². The lowest BCUT2D eigenvalue weighted by Gasteiger charge is -2.45. The Morgan fingerprint density at radius 2 is 1.14 bits per heavy atom. The van der Waals surface area contributed by atoms with Crippen LogP contribution in [0.3, 0.4) is 0 Å². The van der Waals surface area contributed by atoms with Gasteiger partial charge in [0.15, 0.2) is 0 Å². The largest absolute Gasteiger partial charge is 0.260 e. The van der Waals surface area contributed by atoms with E-state index in [0.29, 0.717) is 76.9 Å². The van der Waals surface area contributed by atoms with Crippen molar-refractivity contribution in [3.05, 3.63) is 266 Å². The smallest absolute Gasteiger partial charge is 0.0515 e. The summed E-state index contributed by atoms with van der Waals surface area (Å²) in [6, 6.07) is 45.1. The van der Waals surface area contributed by atoms with Crippen molar-refractivity contribution in [3.63, 3.8) is 0 Å². The average Bonchev–Trinajstić information content (AvgIpc) is 0.947. The number of allylic oxidation sites excluding steroid dienone is 2. The van der Waals surface area contributed by atoms with Crippen LogP contribution in [0.2, 0.25) is 0 Å². The van der Waals surface area contributed by atoms with Gasteiger partial charge in [-0.2, -0.15) is 0 Å². The molecule has 10 unspecified atom stereocenters. The SMILES string of the molecule is C.CCC1=c2c3ccc(C)c4cc(C(C)C)c5c(c6c7c(cc(c26)C1)CC(C)CC7C5)c43.CCc1ccc2c(c1)cc(C(C)C)c1c2cc(CC)c2c3ccnc4c3c(cc21)CCC4CC.CCc1ccc2c(cc(C(C)C)c3c4c5c(cc32)CC(C)C2CCC(CCCCc3c(C)c6c7cc(C(C)C)nc8c7c7c9c6c6c(cc(C(C)C)cc36)CC9C(C)CC7C(C)C8)C(=C52)C4)c1C. The Hall–Kier alpha value is -9.76. The Kier molecular flexibility index (Phi) is 21.5. The highest BCUT2D eigenvalue weighted by molar-refractivity contribution is 6.29. The summed E-state index contributed by atoms with van der Waals surface area (Å²) in [5.41, 5.74) is 44.5. The van der Waals surface area contributed by atoms with Crippen molar-refractivity contribution in [3.8, 4) is 0 Å². The third-order valence-electron chi connectivity index (χ3n) is 37.5. The Morgan fingerprint density at radius 1 is 0.410 bits per heavy atom. The zero-order valence-corrected chi connectivity index (χ0v) is 84.6. The van der Waals surface area contributed by atoms with Crippen LogP contribution < -0.4 is 5.22 Å². The molecule has 26 rings (SSSR count). The molecule has 2 heteroatoms. The molecular weight excluding hydrogens is 1610 g/mol. The summed E-state index contributed by atoms with van der Waals surface area (Å²) in [5.74, 6) is 9.28. The molecule has 2 heterocycles. The van der Waals surface area contributed by atoms with Gasteiger partial charge >= 0.3 is 0 Å². The molecule has 2 aromatic heterocycles. The van der Waals surface area contributed by atoms with E-state index in [1.807, 2.05) is 11.1 Å². The van der Waals surface area contributed by atoms with Gasteiger partial charge in [-0.05, 0) is 527 Å². The predicted molar refractivity (Wildman–Crippen MR) is 582 cm³/mol. The second kappa shape index (κ2) is 32.7. The monoisotopic (exact) mass is 1760 g/mol. The van der Waals surface area contributed by atoms with Crippen LogP contribution in [0, 0.1) is 56.3 Å². The molecule has 0 saturated carbocycles. The number of unbranched alkanes of at least 4 members (excludes halogenated alkanes) is 1. The minimum atomic E-state index is 0. The Balaban J connectivity index is 0.000000127. The van der Waals surface area contributed by atoms with Crippen molar-refractivity contribution < 1.29 is 0 Å². The van der Waals surface area contributed by atoms with E-state index >= 15 is 0 Å². The number of fused-ring (bicyclic) bond motifs is 12. The van der Waals surface area contributed by atoms with Gasteiger partial charge in [-0.15, -0.1) is 0 Å². The van der Waals surface area contributed by atoms with Crippen LogP contribution in [-0.4, -0.2) is 9.97 Å². The lowest BCUT2D eigenvalue weighted by atomic mass is 9.58. The first-order valence-electron chi connectivity index (χ1n) is 53.7. The van der Waals surface area contributed by atoms with Crippen molar-refractivity contribution in [1.82, 2.24) is 9.97 Å². The van der Waals surface area contributed by atoms with Crippen LogP contribution in [0.15, 0.2) is 121 Å². The van der Waals surface area contributed by atoms with Gasteiger partial charge in [0, 0.05) is 34.3 Å². The first kappa shape index (κ1) is 88.2. The highest BCUT2D eigenvalue weighted by Gasteiger charge is 2.47. The second-order valence-corrected chi connectivity index (χ2v) is 46.7. The normalized spacial score (nSPS) is 21.5. The third kappa shape index (κ3) is 12.8. The van der Waals surface area contributed by atoms with E-state index in [9.17, 15) is 0 Å². The maximum Gasteiger partial charge on any atom is 0.0515 e. The molecule has 14 aromatic carbocycles. The molecule has 0 saturated heterocycles. The molecule has 16 aromatic rings. The minimum Gasteiger partial charge on any atom is -0.260 e. The fraction of sp³-hybridized carbons (Fsp3) is 0.455. The molecular formula is C132H148N2. The summed E-state index contributed by atoms with van der Waals surface area (Å²) in [6.07, 6.45) is 28.9. The van der Waals surface area contributed by atoms with Gasteiger partial charge in [0.1, 0.15) is 0 Å². The number of pyridine rings is 2. The van der Waals surface area contributed by atoms with Gasteiger partial charge in [0.05, 0.1) is 5.69 Å². The number of rotatable bonds is 15. The molecule has 10 aliphatic rings. The maximum atomic E-state index is 5.53. The van der Waals surface area contributed by atoms with E-state index in [1.54, 1.807) is 143 Å². The number of benzene rings is 14. The van der Waals surface area contributed by atoms with Crippen molar-refractivity contribution in [2.24, 2.45) is 35.5 Å². The van der Waals surface area contributed by atoms with Gasteiger partial charge in [-0.3, -0.25) is 9.97 Å².